The van der Waals surface area contributed by atoms with E-state index in [2.05, 4.69) is 13.8 Å². The van der Waals surface area contributed by atoms with Gasteiger partial charge in [0.25, 0.3) is 0 Å². The van der Waals surface area contributed by atoms with E-state index in [1.54, 1.807) is 0 Å². The number of hydrogen-bond donors (Lipinski definition) is 0. The normalized spacial score (nSPS) is 29.6. The highest BCUT2D eigenvalue weighted by molar-refractivity contribution is 4.67. The molecule has 0 aliphatic heterocycles. The molecule has 0 heterocycles. The third-order valence-corrected chi connectivity index (χ3v) is 3.76. The highest BCUT2D eigenvalue weighted by Crippen LogP contribution is 2.29. The maximum atomic E-state index is 2.46. The summed E-state index contributed by atoms with van der Waals surface area (Å²) in [5.74, 6) is 2.07. The average Bonchev–Trinajstić information content (AvgIpc) is 2.13. The van der Waals surface area contributed by atoms with Gasteiger partial charge in [-0.1, -0.05) is 71.6 Å². The number of rotatable bonds is 4. The standard InChI is InChI=1S/C14H28/c1-3-4-6-10-14-11-8-5-7-9-13(2)12-14/h13-14H,3-12H2,1-2H3. The Balaban J connectivity index is 2.18. The Labute approximate surface area is 90.5 Å². The maximum absolute atomic E-state index is 2.46. The molecule has 0 nitrogen and oxygen atoms in total. The summed E-state index contributed by atoms with van der Waals surface area (Å²) in [4.78, 5) is 0. The summed E-state index contributed by atoms with van der Waals surface area (Å²) in [6, 6.07) is 0. The van der Waals surface area contributed by atoms with E-state index in [1.165, 1.54) is 64.2 Å². The van der Waals surface area contributed by atoms with Crippen molar-refractivity contribution in [1.82, 2.24) is 0 Å². The predicted octanol–water partition coefficient (Wildman–Crippen LogP) is 5.17. The number of hydrogen-bond acceptors (Lipinski definition) is 0. The van der Waals surface area contributed by atoms with Gasteiger partial charge in [-0.3, -0.25) is 0 Å². The Morgan fingerprint density at radius 1 is 1.00 bits per heavy atom. The Morgan fingerprint density at radius 2 is 1.79 bits per heavy atom. The van der Waals surface area contributed by atoms with E-state index in [0.717, 1.165) is 11.8 Å². The van der Waals surface area contributed by atoms with Crippen molar-refractivity contribution in [1.29, 1.82) is 0 Å². The Morgan fingerprint density at radius 3 is 2.57 bits per heavy atom. The molecule has 0 radical (unpaired) electrons. The average molecular weight is 196 g/mol. The second kappa shape index (κ2) is 7.31. The zero-order valence-electron chi connectivity index (χ0n) is 10.2. The molecule has 84 valence electrons. The second-order valence-corrected chi connectivity index (χ2v) is 5.34. The van der Waals surface area contributed by atoms with Crippen molar-refractivity contribution in [3.63, 3.8) is 0 Å². The molecule has 0 aromatic heterocycles. The Hall–Kier alpha value is 0. The summed E-state index contributed by atoms with van der Waals surface area (Å²) < 4.78 is 0. The lowest BCUT2D eigenvalue weighted by molar-refractivity contribution is 0.292. The summed E-state index contributed by atoms with van der Waals surface area (Å²) in [5.41, 5.74) is 0. The first-order valence-corrected chi connectivity index (χ1v) is 6.83. The van der Waals surface area contributed by atoms with E-state index >= 15 is 0 Å². The molecule has 2 unspecified atom stereocenters. The molecule has 14 heavy (non-hydrogen) atoms. The minimum atomic E-state index is 1.00. The van der Waals surface area contributed by atoms with Crippen LogP contribution >= 0.6 is 0 Å². The monoisotopic (exact) mass is 196 g/mol. The highest BCUT2D eigenvalue weighted by atomic mass is 14.2. The third kappa shape index (κ3) is 5.02. The van der Waals surface area contributed by atoms with Gasteiger partial charge in [-0.05, 0) is 18.3 Å². The molecule has 1 aliphatic carbocycles. The van der Waals surface area contributed by atoms with Gasteiger partial charge >= 0.3 is 0 Å². The van der Waals surface area contributed by atoms with Gasteiger partial charge in [0.1, 0.15) is 0 Å². The van der Waals surface area contributed by atoms with Crippen molar-refractivity contribution in [2.45, 2.75) is 78.1 Å². The lowest BCUT2D eigenvalue weighted by Gasteiger charge is -2.23. The first-order valence-electron chi connectivity index (χ1n) is 6.83. The van der Waals surface area contributed by atoms with E-state index < -0.39 is 0 Å². The fourth-order valence-corrected chi connectivity index (χ4v) is 2.85. The van der Waals surface area contributed by atoms with Crippen molar-refractivity contribution >= 4 is 0 Å². The minimum absolute atomic E-state index is 1.00. The van der Waals surface area contributed by atoms with Crippen molar-refractivity contribution < 1.29 is 0 Å². The minimum Gasteiger partial charge on any atom is -0.0654 e. The largest absolute Gasteiger partial charge is 0.0654 e. The molecule has 1 aliphatic rings. The fraction of sp³-hybridized carbons (Fsp3) is 1.00. The first kappa shape index (κ1) is 12.1. The van der Waals surface area contributed by atoms with Crippen LogP contribution in [0.4, 0.5) is 0 Å². The van der Waals surface area contributed by atoms with Crippen LogP contribution in [0.25, 0.3) is 0 Å². The van der Waals surface area contributed by atoms with Crippen molar-refractivity contribution in [2.24, 2.45) is 11.8 Å². The maximum Gasteiger partial charge on any atom is -0.0412 e. The SMILES string of the molecule is CCCCCC1CCCCCC(C)C1. The molecule has 1 saturated carbocycles. The zero-order chi connectivity index (χ0) is 10.2. The van der Waals surface area contributed by atoms with Gasteiger partial charge in [0, 0.05) is 0 Å². The van der Waals surface area contributed by atoms with Gasteiger partial charge in [0.15, 0.2) is 0 Å². The van der Waals surface area contributed by atoms with Crippen LogP contribution in [0.15, 0.2) is 0 Å². The zero-order valence-corrected chi connectivity index (χ0v) is 10.2. The van der Waals surface area contributed by atoms with Crippen LogP contribution in [-0.4, -0.2) is 0 Å². The molecule has 1 rings (SSSR count). The van der Waals surface area contributed by atoms with E-state index in [4.69, 9.17) is 0 Å². The smallest absolute Gasteiger partial charge is 0.0412 e. The summed E-state index contributed by atoms with van der Waals surface area (Å²) in [6.07, 6.45) is 14.8. The summed E-state index contributed by atoms with van der Waals surface area (Å²) in [6.45, 7) is 4.76. The molecule has 0 aromatic rings. The summed E-state index contributed by atoms with van der Waals surface area (Å²) >= 11 is 0. The topological polar surface area (TPSA) is 0 Å². The van der Waals surface area contributed by atoms with Crippen LogP contribution in [0.3, 0.4) is 0 Å². The molecule has 0 heteroatoms. The second-order valence-electron chi connectivity index (χ2n) is 5.34. The van der Waals surface area contributed by atoms with Gasteiger partial charge in [-0.15, -0.1) is 0 Å². The highest BCUT2D eigenvalue weighted by Gasteiger charge is 2.15. The molecule has 2 atom stereocenters. The lowest BCUT2D eigenvalue weighted by Crippen LogP contribution is -2.10. The quantitative estimate of drug-likeness (QED) is 0.544. The molecule has 0 amide bonds. The van der Waals surface area contributed by atoms with Crippen LogP contribution in [0.1, 0.15) is 78.1 Å². The predicted molar refractivity (Wildman–Crippen MR) is 64.5 cm³/mol. The Bertz CT molecular complexity index is 128. The molecule has 0 N–H and O–H groups in total. The van der Waals surface area contributed by atoms with Crippen LogP contribution in [0.5, 0.6) is 0 Å². The van der Waals surface area contributed by atoms with Gasteiger partial charge in [0.2, 0.25) is 0 Å². The van der Waals surface area contributed by atoms with E-state index in [-0.39, 0.29) is 0 Å². The fourth-order valence-electron chi connectivity index (χ4n) is 2.85. The lowest BCUT2D eigenvalue weighted by atomic mass is 9.82. The van der Waals surface area contributed by atoms with Gasteiger partial charge < -0.3 is 0 Å². The van der Waals surface area contributed by atoms with Gasteiger partial charge in [-0.25, -0.2) is 0 Å². The van der Waals surface area contributed by atoms with Crippen molar-refractivity contribution in [3.8, 4) is 0 Å². The van der Waals surface area contributed by atoms with Gasteiger partial charge in [0.05, 0.1) is 0 Å². The molecular formula is C14H28. The molecule has 0 aromatic carbocycles. The first-order chi connectivity index (χ1) is 6.83. The third-order valence-electron chi connectivity index (χ3n) is 3.76. The van der Waals surface area contributed by atoms with Crippen LogP contribution in [-0.2, 0) is 0 Å². The van der Waals surface area contributed by atoms with Crippen LogP contribution in [0.2, 0.25) is 0 Å². The van der Waals surface area contributed by atoms with E-state index in [9.17, 15) is 0 Å². The molecule has 0 spiro atoms. The molecule has 1 fully saturated rings. The van der Waals surface area contributed by atoms with E-state index in [0.29, 0.717) is 0 Å². The van der Waals surface area contributed by atoms with E-state index in [1.807, 2.05) is 0 Å². The summed E-state index contributed by atoms with van der Waals surface area (Å²) in [7, 11) is 0. The number of unbranched alkanes of at least 4 members (excludes halogenated alkanes) is 2. The van der Waals surface area contributed by atoms with Gasteiger partial charge in [-0.2, -0.15) is 0 Å². The Kier molecular flexibility index (Phi) is 6.31. The van der Waals surface area contributed by atoms with Crippen molar-refractivity contribution in [2.75, 3.05) is 0 Å². The van der Waals surface area contributed by atoms with Crippen LogP contribution in [0, 0.1) is 11.8 Å². The molecule has 0 bridgehead atoms. The van der Waals surface area contributed by atoms with Crippen LogP contribution < -0.4 is 0 Å². The van der Waals surface area contributed by atoms with Crippen molar-refractivity contribution in [3.05, 3.63) is 0 Å². The molecule has 0 saturated heterocycles. The summed E-state index contributed by atoms with van der Waals surface area (Å²) in [5, 5.41) is 0. The molecular weight excluding hydrogens is 168 g/mol.